The van der Waals surface area contributed by atoms with Crippen LogP contribution in [-0.2, 0) is 4.74 Å². The van der Waals surface area contributed by atoms with E-state index in [0.717, 1.165) is 17.7 Å². The zero-order valence-corrected chi connectivity index (χ0v) is 15.6. The average molecular weight is 395 g/mol. The Bertz CT molecular complexity index is 897. The number of carbonyl (C=O) groups excluding carboxylic acids is 1. The van der Waals surface area contributed by atoms with Crippen molar-refractivity contribution in [2.24, 2.45) is 5.92 Å². The Morgan fingerprint density at radius 1 is 1.37 bits per heavy atom. The Kier molecular flexibility index (Phi) is 4.84. The summed E-state index contributed by atoms with van der Waals surface area (Å²) in [4.78, 5) is 12.8. The van der Waals surface area contributed by atoms with Crippen LogP contribution in [0.3, 0.4) is 0 Å². The Morgan fingerprint density at radius 3 is 2.85 bits per heavy atom. The molecule has 1 saturated carbocycles. The van der Waals surface area contributed by atoms with Crippen molar-refractivity contribution in [3.8, 4) is 0 Å². The van der Waals surface area contributed by atoms with E-state index >= 15 is 0 Å². The van der Waals surface area contributed by atoms with Gasteiger partial charge in [-0.05, 0) is 37.0 Å². The SMILES string of the molecule is O=C(NCC1CCC(F)(F)CC1)c1cc(C2=COCC2)n2cccc(Cl)c12. The summed E-state index contributed by atoms with van der Waals surface area (Å²) < 4.78 is 33.8. The molecule has 27 heavy (non-hydrogen) atoms. The van der Waals surface area contributed by atoms with Crippen molar-refractivity contribution < 1.29 is 18.3 Å². The van der Waals surface area contributed by atoms with E-state index in [1.165, 1.54) is 0 Å². The first-order valence-corrected chi connectivity index (χ1v) is 9.59. The topological polar surface area (TPSA) is 42.7 Å². The summed E-state index contributed by atoms with van der Waals surface area (Å²) in [6, 6.07) is 5.41. The number of aromatic nitrogens is 1. The summed E-state index contributed by atoms with van der Waals surface area (Å²) in [7, 11) is 0. The minimum Gasteiger partial charge on any atom is -0.500 e. The van der Waals surface area contributed by atoms with Gasteiger partial charge in [-0.15, -0.1) is 0 Å². The number of hydrogen-bond donors (Lipinski definition) is 1. The molecule has 0 radical (unpaired) electrons. The lowest BCUT2D eigenvalue weighted by Gasteiger charge is -2.28. The van der Waals surface area contributed by atoms with Crippen molar-refractivity contribution in [1.82, 2.24) is 9.72 Å². The van der Waals surface area contributed by atoms with Crippen molar-refractivity contribution in [1.29, 1.82) is 0 Å². The summed E-state index contributed by atoms with van der Waals surface area (Å²) in [6.07, 6.45) is 5.01. The van der Waals surface area contributed by atoms with Gasteiger partial charge in [0.05, 0.1) is 34.7 Å². The molecule has 3 heterocycles. The van der Waals surface area contributed by atoms with E-state index in [1.807, 2.05) is 22.7 Å². The Morgan fingerprint density at radius 2 is 2.15 bits per heavy atom. The molecule has 2 aromatic heterocycles. The Hall–Kier alpha value is -2.08. The van der Waals surface area contributed by atoms with Crippen LogP contribution >= 0.6 is 11.6 Å². The van der Waals surface area contributed by atoms with E-state index < -0.39 is 5.92 Å². The maximum absolute atomic E-state index is 13.3. The second-order valence-electron chi connectivity index (χ2n) is 7.29. The number of halogens is 3. The zero-order valence-electron chi connectivity index (χ0n) is 14.8. The predicted octanol–water partition coefficient (Wildman–Crippen LogP) is 4.91. The van der Waals surface area contributed by atoms with E-state index in [-0.39, 0.29) is 24.7 Å². The third-order valence-corrected chi connectivity index (χ3v) is 5.72. The highest BCUT2D eigenvalue weighted by Gasteiger charge is 2.35. The number of fused-ring (bicyclic) bond motifs is 1. The summed E-state index contributed by atoms with van der Waals surface area (Å²) in [6.45, 7) is 1.02. The molecule has 0 bridgehead atoms. The van der Waals surface area contributed by atoms with Crippen LogP contribution in [0.15, 0.2) is 30.7 Å². The van der Waals surface area contributed by atoms with E-state index in [9.17, 15) is 13.6 Å². The molecular weight excluding hydrogens is 374 g/mol. The summed E-state index contributed by atoms with van der Waals surface area (Å²) >= 11 is 6.37. The normalized spacial score (nSPS) is 19.7. The number of rotatable bonds is 4. The van der Waals surface area contributed by atoms with Gasteiger partial charge in [-0.25, -0.2) is 8.78 Å². The van der Waals surface area contributed by atoms with Crippen molar-refractivity contribution in [2.45, 2.75) is 38.0 Å². The van der Waals surface area contributed by atoms with E-state index in [4.69, 9.17) is 16.3 Å². The van der Waals surface area contributed by atoms with Gasteiger partial charge < -0.3 is 14.5 Å². The van der Waals surface area contributed by atoms with E-state index in [0.29, 0.717) is 42.1 Å². The zero-order chi connectivity index (χ0) is 19.0. The number of amides is 1. The van der Waals surface area contributed by atoms with Gasteiger partial charge in [0.2, 0.25) is 5.92 Å². The Labute approximate surface area is 161 Å². The van der Waals surface area contributed by atoms with Crippen molar-refractivity contribution in [3.05, 3.63) is 46.9 Å². The van der Waals surface area contributed by atoms with Gasteiger partial charge in [0, 0.05) is 37.6 Å². The van der Waals surface area contributed by atoms with Crippen LogP contribution in [0.5, 0.6) is 0 Å². The second-order valence-corrected chi connectivity index (χ2v) is 7.70. The number of ether oxygens (including phenoxy) is 1. The average Bonchev–Trinajstić information content (AvgIpc) is 3.28. The van der Waals surface area contributed by atoms with Crippen molar-refractivity contribution in [3.63, 3.8) is 0 Å². The van der Waals surface area contributed by atoms with Gasteiger partial charge in [-0.2, -0.15) is 0 Å². The van der Waals surface area contributed by atoms with Gasteiger partial charge in [-0.1, -0.05) is 11.6 Å². The molecule has 0 atom stereocenters. The number of pyridine rings is 1. The van der Waals surface area contributed by atoms with Gasteiger partial charge >= 0.3 is 0 Å². The third kappa shape index (κ3) is 3.68. The molecule has 7 heteroatoms. The molecule has 0 unspecified atom stereocenters. The van der Waals surface area contributed by atoms with Gasteiger partial charge in [0.25, 0.3) is 5.91 Å². The first-order valence-electron chi connectivity index (χ1n) is 9.21. The molecule has 1 amide bonds. The largest absolute Gasteiger partial charge is 0.500 e. The highest BCUT2D eigenvalue weighted by Crippen LogP contribution is 2.36. The third-order valence-electron chi connectivity index (χ3n) is 5.42. The molecule has 1 N–H and O–H groups in total. The number of hydrogen-bond acceptors (Lipinski definition) is 2. The van der Waals surface area contributed by atoms with Crippen LogP contribution in [0.4, 0.5) is 8.78 Å². The molecule has 1 aliphatic heterocycles. The van der Waals surface area contributed by atoms with Crippen LogP contribution in [0, 0.1) is 5.92 Å². The molecule has 4 nitrogen and oxygen atoms in total. The molecule has 0 spiro atoms. The molecular formula is C20H21ClF2N2O2. The lowest BCUT2D eigenvalue weighted by Crippen LogP contribution is -2.33. The number of carbonyl (C=O) groups is 1. The first kappa shape index (κ1) is 18.3. The molecule has 144 valence electrons. The van der Waals surface area contributed by atoms with E-state index in [1.54, 1.807) is 12.3 Å². The smallest absolute Gasteiger partial charge is 0.253 e. The van der Waals surface area contributed by atoms with Gasteiger partial charge in [-0.3, -0.25) is 4.79 Å². The summed E-state index contributed by atoms with van der Waals surface area (Å²) in [5.74, 6) is -2.70. The van der Waals surface area contributed by atoms with Crippen LogP contribution in [0.1, 0.15) is 48.2 Å². The number of alkyl halides is 2. The van der Waals surface area contributed by atoms with Crippen molar-refractivity contribution in [2.75, 3.05) is 13.2 Å². The molecule has 2 aliphatic rings. The maximum Gasteiger partial charge on any atom is 0.253 e. The highest BCUT2D eigenvalue weighted by molar-refractivity contribution is 6.35. The second kappa shape index (κ2) is 7.15. The fourth-order valence-corrected chi connectivity index (χ4v) is 4.11. The fraction of sp³-hybridized carbons (Fsp3) is 0.450. The predicted molar refractivity (Wildman–Crippen MR) is 100 cm³/mol. The minimum atomic E-state index is -2.56. The van der Waals surface area contributed by atoms with E-state index in [2.05, 4.69) is 5.32 Å². The molecule has 0 aromatic carbocycles. The Balaban J connectivity index is 1.55. The molecule has 1 fully saturated rings. The van der Waals surface area contributed by atoms with Crippen LogP contribution < -0.4 is 5.32 Å². The van der Waals surface area contributed by atoms with Gasteiger partial charge in [0.1, 0.15) is 0 Å². The van der Waals surface area contributed by atoms with Crippen molar-refractivity contribution >= 4 is 28.6 Å². The molecule has 2 aromatic rings. The monoisotopic (exact) mass is 394 g/mol. The lowest BCUT2D eigenvalue weighted by atomic mass is 9.87. The van der Waals surface area contributed by atoms with Crippen LogP contribution in [-0.4, -0.2) is 29.4 Å². The first-order chi connectivity index (χ1) is 12.9. The molecule has 1 aliphatic carbocycles. The molecule has 4 rings (SSSR count). The molecule has 0 saturated heterocycles. The highest BCUT2D eigenvalue weighted by atomic mass is 35.5. The quantitative estimate of drug-likeness (QED) is 0.800. The minimum absolute atomic E-state index is 0.0864. The summed E-state index contributed by atoms with van der Waals surface area (Å²) in [5.41, 5.74) is 3.03. The number of nitrogens with zero attached hydrogens (tertiary/aromatic N) is 1. The number of nitrogens with one attached hydrogen (secondary N) is 1. The fourth-order valence-electron chi connectivity index (χ4n) is 3.85. The van der Waals surface area contributed by atoms with Crippen LogP contribution in [0.2, 0.25) is 5.02 Å². The standard InChI is InChI=1S/C20H21ClF2N2O2/c21-16-2-1-8-25-17(14-5-9-27-12-14)10-15(18(16)25)19(26)24-11-13-3-6-20(22,23)7-4-13/h1-2,8,10,12-13H,3-7,9,11H2,(H,24,26). The summed E-state index contributed by atoms with van der Waals surface area (Å²) in [5, 5.41) is 3.40. The van der Waals surface area contributed by atoms with Gasteiger partial charge in [0.15, 0.2) is 0 Å². The lowest BCUT2D eigenvalue weighted by molar-refractivity contribution is -0.0452. The maximum atomic E-state index is 13.3. The van der Waals surface area contributed by atoms with Crippen LogP contribution in [0.25, 0.3) is 11.1 Å².